The third kappa shape index (κ3) is 9.02. The van der Waals surface area contributed by atoms with Gasteiger partial charge >= 0.3 is 18.0 Å². The number of esters is 2. The molecule has 0 fully saturated rings. The van der Waals surface area contributed by atoms with E-state index in [0.717, 1.165) is 0 Å². The molecule has 134 valence electrons. The first-order chi connectivity index (χ1) is 10.6. The maximum Gasteiger partial charge on any atom is 0.408 e. The summed E-state index contributed by atoms with van der Waals surface area (Å²) in [6.45, 7) is 5.71. The summed E-state index contributed by atoms with van der Waals surface area (Å²) >= 11 is 0. The van der Waals surface area contributed by atoms with Crippen LogP contribution in [0.15, 0.2) is 0 Å². The summed E-state index contributed by atoms with van der Waals surface area (Å²) < 4.78 is 14.6. The molecule has 8 heteroatoms. The molecule has 2 atom stereocenters. The van der Waals surface area contributed by atoms with Gasteiger partial charge in [-0.25, -0.2) is 9.59 Å². The first-order valence-electron chi connectivity index (χ1n) is 7.44. The van der Waals surface area contributed by atoms with Crippen molar-refractivity contribution in [2.45, 2.75) is 45.3 Å². The van der Waals surface area contributed by atoms with Gasteiger partial charge in [-0.3, -0.25) is 4.79 Å². The van der Waals surface area contributed by atoms with Gasteiger partial charge in [0.05, 0.1) is 20.1 Å². The molecule has 0 spiro atoms. The molecule has 23 heavy (non-hydrogen) atoms. The summed E-state index contributed by atoms with van der Waals surface area (Å²) in [5, 5.41) is 5.38. The van der Waals surface area contributed by atoms with Gasteiger partial charge in [-0.15, -0.1) is 0 Å². The predicted octanol–water partition coefficient (Wildman–Crippen LogP) is 0.842. The molecule has 0 aliphatic carbocycles. The molecule has 0 saturated carbocycles. The van der Waals surface area contributed by atoms with Gasteiger partial charge in [0.2, 0.25) is 0 Å². The fourth-order valence-electron chi connectivity index (χ4n) is 1.91. The number of amides is 1. The lowest BCUT2D eigenvalue weighted by Gasteiger charge is -2.24. The first kappa shape index (κ1) is 21.2. The molecular formula is C15H28N2O6. The Kier molecular flexibility index (Phi) is 9.24. The molecule has 0 saturated heterocycles. The summed E-state index contributed by atoms with van der Waals surface area (Å²) in [6.07, 6.45) is -0.211. The molecule has 0 rings (SSSR count). The average Bonchev–Trinajstić information content (AvgIpc) is 2.46. The van der Waals surface area contributed by atoms with Gasteiger partial charge in [0.15, 0.2) is 0 Å². The molecule has 1 amide bonds. The Bertz CT molecular complexity index is 405. The highest BCUT2D eigenvalue weighted by atomic mass is 16.6. The SMILES string of the molecule is CNCCC(CC(NC(=O)OC(C)(C)C)C(=O)OC)C(=O)OC. The van der Waals surface area contributed by atoms with E-state index in [1.165, 1.54) is 14.2 Å². The maximum atomic E-state index is 11.9. The third-order valence-electron chi connectivity index (χ3n) is 2.97. The first-order valence-corrected chi connectivity index (χ1v) is 7.44. The number of alkyl carbamates (subject to hydrolysis) is 1. The van der Waals surface area contributed by atoms with Crippen LogP contribution in [0.2, 0.25) is 0 Å². The van der Waals surface area contributed by atoms with Crippen LogP contribution in [-0.4, -0.2) is 57.5 Å². The van der Waals surface area contributed by atoms with Gasteiger partial charge in [0.1, 0.15) is 11.6 Å². The molecule has 2 N–H and O–H groups in total. The van der Waals surface area contributed by atoms with Crippen molar-refractivity contribution in [3.8, 4) is 0 Å². The molecule has 0 aromatic heterocycles. The van der Waals surface area contributed by atoms with Crippen molar-refractivity contribution in [2.24, 2.45) is 5.92 Å². The average molecular weight is 332 g/mol. The van der Waals surface area contributed by atoms with E-state index >= 15 is 0 Å². The zero-order valence-electron chi connectivity index (χ0n) is 14.7. The number of ether oxygens (including phenoxy) is 3. The van der Waals surface area contributed by atoms with E-state index in [2.05, 4.69) is 15.4 Å². The van der Waals surface area contributed by atoms with Crippen molar-refractivity contribution < 1.29 is 28.6 Å². The maximum absolute atomic E-state index is 11.9. The Balaban J connectivity index is 4.96. The minimum Gasteiger partial charge on any atom is -0.469 e. The van der Waals surface area contributed by atoms with Gasteiger partial charge in [-0.05, 0) is 47.2 Å². The lowest BCUT2D eigenvalue weighted by molar-refractivity contribution is -0.148. The highest BCUT2D eigenvalue weighted by Crippen LogP contribution is 2.15. The molecule has 0 heterocycles. The zero-order chi connectivity index (χ0) is 18.0. The van der Waals surface area contributed by atoms with Crippen LogP contribution in [0, 0.1) is 5.92 Å². The van der Waals surface area contributed by atoms with Crippen molar-refractivity contribution in [2.75, 3.05) is 27.8 Å². The summed E-state index contributed by atoms with van der Waals surface area (Å²) in [6, 6.07) is -0.990. The number of hydrogen-bond donors (Lipinski definition) is 2. The van der Waals surface area contributed by atoms with E-state index in [1.807, 2.05) is 0 Å². The summed E-state index contributed by atoms with van der Waals surface area (Å²) in [5.74, 6) is -1.64. The van der Waals surface area contributed by atoms with Gasteiger partial charge in [-0.2, -0.15) is 0 Å². The Morgan fingerprint density at radius 2 is 1.61 bits per heavy atom. The van der Waals surface area contributed by atoms with Crippen molar-refractivity contribution in [3.05, 3.63) is 0 Å². The smallest absolute Gasteiger partial charge is 0.408 e. The van der Waals surface area contributed by atoms with Crippen LogP contribution < -0.4 is 10.6 Å². The van der Waals surface area contributed by atoms with Gasteiger partial charge < -0.3 is 24.8 Å². The van der Waals surface area contributed by atoms with Gasteiger partial charge in [0, 0.05) is 0 Å². The molecule has 0 aromatic rings. The van der Waals surface area contributed by atoms with Crippen molar-refractivity contribution in [3.63, 3.8) is 0 Å². The molecule has 0 aliphatic heterocycles. The lowest BCUT2D eigenvalue weighted by atomic mass is 9.96. The monoisotopic (exact) mass is 332 g/mol. The number of hydrogen-bond acceptors (Lipinski definition) is 7. The van der Waals surface area contributed by atoms with Crippen LogP contribution in [0.1, 0.15) is 33.6 Å². The second-order valence-corrected chi connectivity index (χ2v) is 6.07. The van der Waals surface area contributed by atoms with Crippen molar-refractivity contribution in [1.29, 1.82) is 0 Å². The molecule has 0 aliphatic rings. The largest absolute Gasteiger partial charge is 0.469 e. The quantitative estimate of drug-likeness (QED) is 0.501. The predicted molar refractivity (Wildman–Crippen MR) is 83.8 cm³/mol. The fourth-order valence-corrected chi connectivity index (χ4v) is 1.91. The lowest BCUT2D eigenvalue weighted by Crippen LogP contribution is -2.46. The second-order valence-electron chi connectivity index (χ2n) is 6.07. The Labute approximate surface area is 137 Å². The minimum atomic E-state index is -0.990. The van der Waals surface area contributed by atoms with Crippen LogP contribution in [0.5, 0.6) is 0 Å². The number of rotatable bonds is 8. The van der Waals surface area contributed by atoms with Crippen LogP contribution in [0.4, 0.5) is 4.79 Å². The Morgan fingerprint density at radius 3 is 2.04 bits per heavy atom. The van der Waals surface area contributed by atoms with Crippen molar-refractivity contribution >= 4 is 18.0 Å². The fraction of sp³-hybridized carbons (Fsp3) is 0.800. The molecule has 0 bridgehead atoms. The van der Waals surface area contributed by atoms with E-state index in [9.17, 15) is 14.4 Å². The van der Waals surface area contributed by atoms with Gasteiger partial charge in [0.25, 0.3) is 0 Å². The highest BCUT2D eigenvalue weighted by Gasteiger charge is 2.31. The Hall–Kier alpha value is -1.83. The topological polar surface area (TPSA) is 103 Å². The molecule has 8 nitrogen and oxygen atoms in total. The summed E-state index contributed by atoms with van der Waals surface area (Å²) in [7, 11) is 4.25. The standard InChI is InChI=1S/C15H28N2O6/c1-15(2,3)23-14(20)17-11(13(19)22-6)9-10(7-8-16-4)12(18)21-5/h10-11,16H,7-9H2,1-6H3,(H,17,20). The zero-order valence-corrected chi connectivity index (χ0v) is 14.7. The molecule has 0 radical (unpaired) electrons. The molecular weight excluding hydrogens is 304 g/mol. The normalized spacial score (nSPS) is 13.7. The third-order valence-corrected chi connectivity index (χ3v) is 2.97. The number of carbonyl (C=O) groups excluding carboxylic acids is 3. The number of nitrogens with one attached hydrogen (secondary N) is 2. The van der Waals surface area contributed by atoms with Crippen LogP contribution in [-0.2, 0) is 23.8 Å². The number of carbonyl (C=O) groups is 3. The van der Waals surface area contributed by atoms with Gasteiger partial charge in [-0.1, -0.05) is 0 Å². The minimum absolute atomic E-state index is 0.0697. The van der Waals surface area contributed by atoms with Crippen LogP contribution in [0.3, 0.4) is 0 Å². The summed E-state index contributed by atoms with van der Waals surface area (Å²) in [5.41, 5.74) is -0.696. The van der Waals surface area contributed by atoms with E-state index in [0.29, 0.717) is 13.0 Å². The van der Waals surface area contributed by atoms with E-state index in [-0.39, 0.29) is 6.42 Å². The number of methoxy groups -OCH3 is 2. The summed E-state index contributed by atoms with van der Waals surface area (Å²) in [4.78, 5) is 35.6. The second kappa shape index (κ2) is 10.0. The molecule has 2 unspecified atom stereocenters. The van der Waals surface area contributed by atoms with Crippen LogP contribution in [0.25, 0.3) is 0 Å². The molecule has 0 aromatic carbocycles. The Morgan fingerprint density at radius 1 is 1.04 bits per heavy atom. The highest BCUT2D eigenvalue weighted by molar-refractivity contribution is 5.82. The van der Waals surface area contributed by atoms with E-state index in [4.69, 9.17) is 9.47 Å². The van der Waals surface area contributed by atoms with Crippen LogP contribution >= 0.6 is 0 Å². The van der Waals surface area contributed by atoms with E-state index in [1.54, 1.807) is 27.8 Å². The van der Waals surface area contributed by atoms with E-state index < -0.39 is 35.6 Å². The van der Waals surface area contributed by atoms with Crippen molar-refractivity contribution in [1.82, 2.24) is 10.6 Å².